The topological polar surface area (TPSA) is 32.3 Å². The van der Waals surface area contributed by atoms with Crippen LogP contribution in [0.2, 0.25) is 0 Å². The zero-order valence-electron chi connectivity index (χ0n) is 11.8. The first-order valence-corrected chi connectivity index (χ1v) is 9.13. The average Bonchev–Trinajstić information content (AvgIpc) is 2.72. The van der Waals surface area contributed by atoms with Gasteiger partial charge in [0.05, 0.1) is 11.2 Å². The van der Waals surface area contributed by atoms with Crippen LogP contribution in [0.5, 0.6) is 0 Å². The molecule has 0 atom stereocenters. The Morgan fingerprint density at radius 1 is 1.14 bits per heavy atom. The largest absolute Gasteiger partial charge is 0.368 e. The number of hydrogen-bond acceptors (Lipinski definition) is 4. The van der Waals surface area contributed by atoms with E-state index in [0.717, 1.165) is 47.0 Å². The monoisotopic (exact) mass is 412 g/mol. The normalized spacial score (nSPS) is 17.1. The summed E-state index contributed by atoms with van der Waals surface area (Å²) in [5, 5.41) is 1.04. The molecule has 3 heterocycles. The number of halogens is 2. The molecule has 0 N–H and O–H groups in total. The Morgan fingerprint density at radius 3 is 2.90 bits per heavy atom. The summed E-state index contributed by atoms with van der Waals surface area (Å²) < 4.78 is 0.971. The van der Waals surface area contributed by atoms with Crippen LogP contribution in [-0.2, 0) is 0 Å². The van der Waals surface area contributed by atoms with E-state index < -0.39 is 0 Å². The highest BCUT2D eigenvalue weighted by molar-refractivity contribution is 9.10. The highest BCUT2D eigenvalue weighted by Crippen LogP contribution is 2.26. The molecule has 3 rings (SSSR count). The molecule has 2 aromatic rings. The summed E-state index contributed by atoms with van der Waals surface area (Å²) in [7, 11) is 0. The number of fused-ring (bicyclic) bond motifs is 1. The van der Waals surface area contributed by atoms with Crippen molar-refractivity contribution in [3.05, 3.63) is 29.0 Å². The van der Waals surface area contributed by atoms with Crippen LogP contribution in [0.1, 0.15) is 6.42 Å². The van der Waals surface area contributed by atoms with Crippen molar-refractivity contribution in [3.63, 3.8) is 0 Å². The van der Waals surface area contributed by atoms with Gasteiger partial charge in [-0.3, -0.25) is 9.97 Å². The molecule has 1 fully saturated rings. The fourth-order valence-electron chi connectivity index (χ4n) is 2.80. The number of alkyl halides is 1. The average molecular weight is 414 g/mol. The van der Waals surface area contributed by atoms with Crippen LogP contribution < -0.4 is 4.90 Å². The smallest absolute Gasteiger partial charge is 0.112 e. The van der Waals surface area contributed by atoms with Gasteiger partial charge in [0, 0.05) is 48.4 Å². The number of aromatic nitrogens is 2. The molecule has 1 saturated heterocycles. The summed E-state index contributed by atoms with van der Waals surface area (Å²) in [6.45, 7) is 5.52. The summed E-state index contributed by atoms with van der Waals surface area (Å²) in [5.74, 6) is 0. The zero-order chi connectivity index (χ0) is 14.7. The predicted octanol–water partition coefficient (Wildman–Crippen LogP) is 3.30. The second-order valence-electron chi connectivity index (χ2n) is 5.22. The van der Waals surface area contributed by atoms with Gasteiger partial charge in [-0.1, -0.05) is 15.9 Å². The number of anilines is 1. The minimum Gasteiger partial charge on any atom is -0.368 e. The third-order valence-electron chi connectivity index (χ3n) is 3.85. The summed E-state index contributed by atoms with van der Waals surface area (Å²) in [5.41, 5.74) is 3.14. The molecule has 4 nitrogen and oxygen atoms in total. The SMILES string of the molecule is BrCCN1CCCN(c2ccnc3cc(Br)cnc23)CC1. The lowest BCUT2D eigenvalue weighted by molar-refractivity contribution is 0.313. The van der Waals surface area contributed by atoms with Gasteiger partial charge in [-0.2, -0.15) is 0 Å². The molecular weight excluding hydrogens is 396 g/mol. The quantitative estimate of drug-likeness (QED) is 0.722. The number of rotatable bonds is 3. The molecule has 0 unspecified atom stereocenters. The van der Waals surface area contributed by atoms with Gasteiger partial charge in [-0.05, 0) is 41.0 Å². The Kier molecular flexibility index (Phi) is 5.08. The van der Waals surface area contributed by atoms with E-state index in [1.807, 2.05) is 18.5 Å². The van der Waals surface area contributed by atoms with Crippen LogP contribution in [0, 0.1) is 0 Å². The van der Waals surface area contributed by atoms with Crippen molar-refractivity contribution >= 4 is 48.6 Å². The first-order valence-electron chi connectivity index (χ1n) is 7.21. The van der Waals surface area contributed by atoms with Gasteiger partial charge >= 0.3 is 0 Å². The van der Waals surface area contributed by atoms with Gasteiger partial charge in [0.1, 0.15) is 5.52 Å². The summed E-state index contributed by atoms with van der Waals surface area (Å²) in [6, 6.07) is 4.12. The van der Waals surface area contributed by atoms with Crippen molar-refractivity contribution in [1.29, 1.82) is 0 Å². The summed E-state index contributed by atoms with van der Waals surface area (Å²) in [6.07, 6.45) is 4.92. The Bertz CT molecular complexity index is 620. The predicted molar refractivity (Wildman–Crippen MR) is 94.3 cm³/mol. The van der Waals surface area contributed by atoms with Crippen molar-refractivity contribution in [2.75, 3.05) is 43.0 Å². The molecule has 21 heavy (non-hydrogen) atoms. The van der Waals surface area contributed by atoms with Crippen LogP contribution in [0.15, 0.2) is 29.0 Å². The molecule has 6 heteroatoms. The Labute approximate surface area is 141 Å². The molecule has 0 amide bonds. The second-order valence-corrected chi connectivity index (χ2v) is 6.93. The van der Waals surface area contributed by atoms with E-state index in [4.69, 9.17) is 0 Å². The lowest BCUT2D eigenvalue weighted by Gasteiger charge is -2.24. The Morgan fingerprint density at radius 2 is 2.05 bits per heavy atom. The lowest BCUT2D eigenvalue weighted by atomic mass is 10.2. The van der Waals surface area contributed by atoms with Gasteiger partial charge in [0.2, 0.25) is 0 Å². The van der Waals surface area contributed by atoms with Crippen LogP contribution in [0.3, 0.4) is 0 Å². The van der Waals surface area contributed by atoms with Crippen molar-refractivity contribution < 1.29 is 0 Å². The number of hydrogen-bond donors (Lipinski definition) is 0. The third-order valence-corrected chi connectivity index (χ3v) is 4.64. The highest BCUT2D eigenvalue weighted by Gasteiger charge is 2.17. The first-order chi connectivity index (χ1) is 10.3. The maximum Gasteiger partial charge on any atom is 0.112 e. The van der Waals surface area contributed by atoms with Crippen LogP contribution in [0.25, 0.3) is 11.0 Å². The van der Waals surface area contributed by atoms with Gasteiger partial charge in [-0.25, -0.2) is 0 Å². The van der Waals surface area contributed by atoms with Gasteiger partial charge in [-0.15, -0.1) is 0 Å². The summed E-state index contributed by atoms with van der Waals surface area (Å²) in [4.78, 5) is 14.0. The van der Waals surface area contributed by atoms with E-state index in [0.29, 0.717) is 0 Å². The molecule has 2 aromatic heterocycles. The van der Waals surface area contributed by atoms with Crippen molar-refractivity contribution in [1.82, 2.24) is 14.9 Å². The second kappa shape index (κ2) is 7.03. The maximum atomic E-state index is 4.57. The number of pyridine rings is 2. The molecule has 112 valence electrons. The molecule has 0 aliphatic carbocycles. The van der Waals surface area contributed by atoms with E-state index in [9.17, 15) is 0 Å². The van der Waals surface area contributed by atoms with E-state index in [-0.39, 0.29) is 0 Å². The van der Waals surface area contributed by atoms with Crippen LogP contribution >= 0.6 is 31.9 Å². The molecule has 0 bridgehead atoms. The Balaban J connectivity index is 1.86. The van der Waals surface area contributed by atoms with Crippen molar-refractivity contribution in [2.24, 2.45) is 0 Å². The van der Waals surface area contributed by atoms with Crippen molar-refractivity contribution in [3.8, 4) is 0 Å². The van der Waals surface area contributed by atoms with Crippen LogP contribution in [-0.4, -0.2) is 52.9 Å². The van der Waals surface area contributed by atoms with Gasteiger partial charge in [0.25, 0.3) is 0 Å². The molecule has 0 aromatic carbocycles. The molecule has 1 aliphatic rings. The first kappa shape index (κ1) is 15.2. The van der Waals surface area contributed by atoms with E-state index in [1.54, 1.807) is 0 Å². The lowest BCUT2D eigenvalue weighted by Crippen LogP contribution is -2.32. The minimum atomic E-state index is 0.948. The molecule has 1 aliphatic heterocycles. The number of nitrogens with zero attached hydrogens (tertiary/aromatic N) is 4. The minimum absolute atomic E-state index is 0.948. The van der Waals surface area contributed by atoms with E-state index in [1.165, 1.54) is 18.7 Å². The molecule has 0 saturated carbocycles. The zero-order valence-corrected chi connectivity index (χ0v) is 15.0. The van der Waals surface area contributed by atoms with Gasteiger partial charge in [0.15, 0.2) is 0 Å². The van der Waals surface area contributed by atoms with Crippen molar-refractivity contribution in [2.45, 2.75) is 6.42 Å². The molecular formula is C15H18Br2N4. The fourth-order valence-corrected chi connectivity index (χ4v) is 3.62. The molecule has 0 radical (unpaired) electrons. The van der Waals surface area contributed by atoms with Crippen LogP contribution in [0.4, 0.5) is 5.69 Å². The van der Waals surface area contributed by atoms with E-state index in [2.05, 4.69) is 57.7 Å². The fraction of sp³-hybridized carbons (Fsp3) is 0.467. The third kappa shape index (κ3) is 3.55. The maximum absolute atomic E-state index is 4.57. The van der Waals surface area contributed by atoms with E-state index >= 15 is 0 Å². The van der Waals surface area contributed by atoms with Gasteiger partial charge < -0.3 is 9.80 Å². The Hall–Kier alpha value is -0.720. The highest BCUT2D eigenvalue weighted by atomic mass is 79.9. The molecule has 0 spiro atoms. The standard InChI is InChI=1S/C15H18Br2N4/c16-3-7-20-5-1-6-21(9-8-20)14-2-4-18-13-10-12(17)11-19-15(13)14/h2,4,10-11H,1,3,5-9H2. The summed E-state index contributed by atoms with van der Waals surface area (Å²) >= 11 is 7.00.